The summed E-state index contributed by atoms with van der Waals surface area (Å²) in [5.74, 6) is 0. The summed E-state index contributed by atoms with van der Waals surface area (Å²) >= 11 is 0. The summed E-state index contributed by atoms with van der Waals surface area (Å²) in [6.07, 6.45) is 5.68. The molecular weight excluding hydrogens is 328 g/mol. The van der Waals surface area contributed by atoms with Crippen molar-refractivity contribution in [3.8, 4) is 0 Å². The van der Waals surface area contributed by atoms with Gasteiger partial charge in [-0.2, -0.15) is 0 Å². The number of nitrogens with zero attached hydrogens (tertiary/aromatic N) is 1. The largest absolute Gasteiger partial charge is 0.336 e. The molecule has 0 heterocycles. The highest BCUT2D eigenvalue weighted by Crippen LogP contribution is 2.31. The Bertz CT molecular complexity index is 682. The van der Waals surface area contributed by atoms with Crippen LogP contribution in [0.2, 0.25) is 0 Å². The molecule has 134 valence electrons. The lowest BCUT2D eigenvalue weighted by Gasteiger charge is -2.43. The molecule has 0 saturated heterocycles. The SMILES string of the molecule is CN(C)C1(CNC(=O)Nc2cccc(S(N)(=O)=O)c2)CCCCC1. The number of nitrogens with two attached hydrogens (primary N) is 1. The van der Waals surface area contributed by atoms with Crippen molar-refractivity contribution >= 4 is 21.7 Å². The van der Waals surface area contributed by atoms with E-state index in [0.717, 1.165) is 25.7 Å². The molecular formula is C16H26N4O3S. The van der Waals surface area contributed by atoms with Gasteiger partial charge in [-0.05, 0) is 45.1 Å². The summed E-state index contributed by atoms with van der Waals surface area (Å²) in [5, 5.41) is 10.7. The molecule has 24 heavy (non-hydrogen) atoms. The second-order valence-corrected chi connectivity index (χ2v) is 8.12. The van der Waals surface area contributed by atoms with E-state index >= 15 is 0 Å². The van der Waals surface area contributed by atoms with Crippen LogP contribution in [-0.2, 0) is 10.0 Å². The molecule has 0 bridgehead atoms. The molecule has 8 heteroatoms. The number of hydrogen-bond acceptors (Lipinski definition) is 4. The maximum Gasteiger partial charge on any atom is 0.319 e. The van der Waals surface area contributed by atoms with E-state index in [4.69, 9.17) is 5.14 Å². The average molecular weight is 354 g/mol. The first kappa shape index (κ1) is 18.7. The number of anilines is 1. The van der Waals surface area contributed by atoms with Crippen LogP contribution in [0, 0.1) is 0 Å². The van der Waals surface area contributed by atoms with Gasteiger partial charge in [0.05, 0.1) is 4.90 Å². The van der Waals surface area contributed by atoms with E-state index in [9.17, 15) is 13.2 Å². The van der Waals surface area contributed by atoms with Crippen LogP contribution in [0.5, 0.6) is 0 Å². The van der Waals surface area contributed by atoms with Crippen molar-refractivity contribution in [1.29, 1.82) is 0 Å². The first-order valence-electron chi connectivity index (χ1n) is 8.08. The first-order valence-corrected chi connectivity index (χ1v) is 9.63. The zero-order valence-corrected chi connectivity index (χ0v) is 15.0. The molecule has 1 aromatic rings. The van der Waals surface area contributed by atoms with Crippen molar-refractivity contribution in [2.45, 2.75) is 42.5 Å². The van der Waals surface area contributed by atoms with E-state index in [1.165, 1.54) is 24.6 Å². The third-order valence-corrected chi connectivity index (χ3v) is 5.64. The topological polar surface area (TPSA) is 105 Å². The molecule has 1 aliphatic carbocycles. The van der Waals surface area contributed by atoms with Gasteiger partial charge in [0.1, 0.15) is 0 Å². The van der Waals surface area contributed by atoms with Gasteiger partial charge >= 0.3 is 6.03 Å². The molecule has 7 nitrogen and oxygen atoms in total. The minimum absolute atomic E-state index is 0.0158. The van der Waals surface area contributed by atoms with Crippen molar-refractivity contribution in [1.82, 2.24) is 10.2 Å². The summed E-state index contributed by atoms with van der Waals surface area (Å²) < 4.78 is 22.7. The lowest BCUT2D eigenvalue weighted by Crippen LogP contribution is -2.54. The normalized spacial score (nSPS) is 17.5. The quantitative estimate of drug-likeness (QED) is 0.749. The number of primary sulfonamides is 1. The minimum atomic E-state index is -3.79. The summed E-state index contributed by atoms with van der Waals surface area (Å²) in [6.45, 7) is 0.556. The number of benzene rings is 1. The van der Waals surface area contributed by atoms with Crippen LogP contribution in [0.15, 0.2) is 29.2 Å². The van der Waals surface area contributed by atoms with E-state index in [0.29, 0.717) is 12.2 Å². The molecule has 1 saturated carbocycles. The standard InChI is InChI=1S/C16H26N4O3S/c1-20(2)16(9-4-3-5-10-16)12-18-15(21)19-13-7-6-8-14(11-13)24(17,22)23/h6-8,11H,3-5,9-10,12H2,1-2H3,(H2,17,22,23)(H2,18,19,21). The van der Waals surface area contributed by atoms with Crippen molar-refractivity contribution in [3.63, 3.8) is 0 Å². The summed E-state index contributed by atoms with van der Waals surface area (Å²) in [4.78, 5) is 14.3. The van der Waals surface area contributed by atoms with Gasteiger partial charge < -0.3 is 15.5 Å². The maximum atomic E-state index is 12.2. The molecule has 1 aromatic carbocycles. The molecule has 0 aliphatic heterocycles. The van der Waals surface area contributed by atoms with Crippen LogP contribution in [0.4, 0.5) is 10.5 Å². The summed E-state index contributed by atoms with van der Waals surface area (Å²) in [7, 11) is 0.294. The van der Waals surface area contributed by atoms with Crippen LogP contribution in [0.25, 0.3) is 0 Å². The van der Waals surface area contributed by atoms with E-state index in [-0.39, 0.29) is 16.5 Å². The van der Waals surface area contributed by atoms with Crippen LogP contribution in [0.1, 0.15) is 32.1 Å². The second-order valence-electron chi connectivity index (χ2n) is 6.56. The minimum Gasteiger partial charge on any atom is -0.336 e. The van der Waals surface area contributed by atoms with Gasteiger partial charge in [-0.15, -0.1) is 0 Å². The maximum absolute atomic E-state index is 12.2. The molecule has 1 fully saturated rings. The molecule has 1 aliphatic rings. The van der Waals surface area contributed by atoms with Crippen LogP contribution in [0.3, 0.4) is 0 Å². The molecule has 0 radical (unpaired) electrons. The van der Waals surface area contributed by atoms with Crippen LogP contribution < -0.4 is 15.8 Å². The molecule has 0 atom stereocenters. The number of carbonyl (C=O) groups excluding carboxylic acids is 1. The predicted molar refractivity (Wildman–Crippen MR) is 94.3 cm³/mol. The second kappa shape index (κ2) is 7.50. The summed E-state index contributed by atoms with van der Waals surface area (Å²) in [5.41, 5.74) is 0.375. The number of sulfonamides is 1. The van der Waals surface area contributed by atoms with Gasteiger partial charge in [-0.3, -0.25) is 0 Å². The smallest absolute Gasteiger partial charge is 0.319 e. The van der Waals surface area contributed by atoms with Gasteiger partial charge in [0, 0.05) is 17.8 Å². The fourth-order valence-corrected chi connectivity index (χ4v) is 3.72. The number of urea groups is 1. The van der Waals surface area contributed by atoms with E-state index in [1.54, 1.807) is 6.07 Å². The molecule has 0 unspecified atom stereocenters. The van der Waals surface area contributed by atoms with E-state index in [2.05, 4.69) is 15.5 Å². The fourth-order valence-electron chi connectivity index (χ4n) is 3.16. The molecule has 2 amide bonds. The number of rotatable bonds is 5. The Labute approximate surface area is 143 Å². The monoisotopic (exact) mass is 354 g/mol. The zero-order chi connectivity index (χ0) is 17.8. The molecule has 0 aromatic heterocycles. The van der Waals surface area contributed by atoms with Gasteiger partial charge in [0.25, 0.3) is 0 Å². The Morgan fingerprint density at radius 2 is 1.92 bits per heavy atom. The molecule has 4 N–H and O–H groups in total. The third-order valence-electron chi connectivity index (χ3n) is 4.73. The van der Waals surface area contributed by atoms with E-state index < -0.39 is 10.0 Å². The number of carbonyl (C=O) groups is 1. The Balaban J connectivity index is 1.98. The Kier molecular flexibility index (Phi) is 5.84. The van der Waals surface area contributed by atoms with Gasteiger partial charge in [-0.1, -0.05) is 25.3 Å². The lowest BCUT2D eigenvalue weighted by molar-refractivity contribution is 0.101. The summed E-state index contributed by atoms with van der Waals surface area (Å²) in [6, 6.07) is 5.54. The first-order chi connectivity index (χ1) is 11.2. The average Bonchev–Trinajstić information content (AvgIpc) is 2.53. The highest BCUT2D eigenvalue weighted by Gasteiger charge is 2.34. The van der Waals surface area contributed by atoms with Crippen LogP contribution >= 0.6 is 0 Å². The third kappa shape index (κ3) is 4.68. The fraction of sp³-hybridized carbons (Fsp3) is 0.562. The number of likely N-dealkylation sites (N-methyl/N-ethyl adjacent to an activating group) is 1. The number of nitrogens with one attached hydrogen (secondary N) is 2. The lowest BCUT2D eigenvalue weighted by atomic mass is 9.80. The van der Waals surface area contributed by atoms with E-state index in [1.807, 2.05) is 14.1 Å². The van der Waals surface area contributed by atoms with Gasteiger partial charge in [0.15, 0.2) is 0 Å². The number of amides is 2. The van der Waals surface area contributed by atoms with Crippen molar-refractivity contribution in [2.75, 3.05) is 26.0 Å². The van der Waals surface area contributed by atoms with Crippen LogP contribution in [-0.4, -0.2) is 45.5 Å². The molecule has 2 rings (SSSR count). The Morgan fingerprint density at radius 3 is 2.50 bits per heavy atom. The zero-order valence-electron chi connectivity index (χ0n) is 14.2. The van der Waals surface area contributed by atoms with Crippen molar-refractivity contribution in [2.24, 2.45) is 5.14 Å². The molecule has 0 spiro atoms. The Hall–Kier alpha value is -1.64. The predicted octanol–water partition coefficient (Wildman–Crippen LogP) is 1.72. The highest BCUT2D eigenvalue weighted by molar-refractivity contribution is 7.89. The Morgan fingerprint density at radius 1 is 1.25 bits per heavy atom. The van der Waals surface area contributed by atoms with Gasteiger partial charge in [-0.25, -0.2) is 18.4 Å². The van der Waals surface area contributed by atoms with Crippen molar-refractivity contribution in [3.05, 3.63) is 24.3 Å². The van der Waals surface area contributed by atoms with Crippen molar-refractivity contribution < 1.29 is 13.2 Å². The number of hydrogen-bond donors (Lipinski definition) is 3. The van der Waals surface area contributed by atoms with Gasteiger partial charge in [0.2, 0.25) is 10.0 Å². The highest BCUT2D eigenvalue weighted by atomic mass is 32.2.